The van der Waals surface area contributed by atoms with Gasteiger partial charge in [0.2, 0.25) is 0 Å². The minimum Gasteiger partial charge on any atom is -0.493 e. The Labute approximate surface area is 223 Å². The van der Waals surface area contributed by atoms with Crippen molar-refractivity contribution in [1.82, 2.24) is 10.3 Å². The minimum absolute atomic E-state index is 0.0918. The maximum atomic E-state index is 12.8. The molecule has 0 radical (unpaired) electrons. The van der Waals surface area contributed by atoms with Gasteiger partial charge in [-0.05, 0) is 35.9 Å². The van der Waals surface area contributed by atoms with Gasteiger partial charge in [-0.15, -0.1) is 0 Å². The molecule has 0 bridgehead atoms. The van der Waals surface area contributed by atoms with E-state index in [0.717, 1.165) is 5.39 Å². The fraction of sp³-hybridized carbons (Fsp3) is 0.179. The smallest absolute Gasteiger partial charge is 0.328 e. The summed E-state index contributed by atoms with van der Waals surface area (Å²) in [5.74, 6) is 0.727. The predicted octanol–water partition coefficient (Wildman–Crippen LogP) is 4.47. The third-order valence-electron chi connectivity index (χ3n) is 5.93. The molecule has 0 saturated carbocycles. The number of fused-ring (bicyclic) bond motifs is 1. The van der Waals surface area contributed by atoms with Crippen molar-refractivity contribution >= 4 is 28.5 Å². The summed E-state index contributed by atoms with van der Waals surface area (Å²) in [6.07, 6.45) is 1.72. The molecule has 1 heterocycles. The molecule has 1 amide bonds. The van der Waals surface area contributed by atoms with Crippen LogP contribution in [0.25, 0.3) is 10.9 Å². The largest absolute Gasteiger partial charge is 0.493 e. The van der Waals surface area contributed by atoms with Crippen molar-refractivity contribution in [2.45, 2.75) is 12.5 Å². The molecule has 3 aromatic carbocycles. The Kier molecular flexibility index (Phi) is 8.20. The van der Waals surface area contributed by atoms with Gasteiger partial charge in [0.25, 0.3) is 11.6 Å². The number of methoxy groups -OCH3 is 3. The molecule has 4 aromatic rings. The Morgan fingerprint density at radius 3 is 2.31 bits per heavy atom. The molecule has 200 valence electrons. The number of carbonyl (C=O) groups excluding carboxylic acids is 2. The van der Waals surface area contributed by atoms with Gasteiger partial charge in [-0.25, -0.2) is 4.79 Å². The zero-order chi connectivity index (χ0) is 27.9. The highest BCUT2D eigenvalue weighted by Gasteiger charge is 2.26. The lowest BCUT2D eigenvalue weighted by Gasteiger charge is -2.17. The fourth-order valence-electron chi connectivity index (χ4n) is 3.99. The summed E-state index contributed by atoms with van der Waals surface area (Å²) in [6, 6.07) is 16.6. The molecule has 1 N–H and O–H groups in total. The van der Waals surface area contributed by atoms with Gasteiger partial charge in [-0.3, -0.25) is 19.9 Å². The van der Waals surface area contributed by atoms with Crippen molar-refractivity contribution in [2.24, 2.45) is 0 Å². The van der Waals surface area contributed by atoms with Crippen LogP contribution in [0, 0.1) is 10.1 Å². The van der Waals surface area contributed by atoms with Gasteiger partial charge in [-0.2, -0.15) is 0 Å². The van der Waals surface area contributed by atoms with Crippen LogP contribution in [-0.2, 0) is 16.0 Å². The van der Waals surface area contributed by atoms with Crippen LogP contribution < -0.4 is 19.5 Å². The summed E-state index contributed by atoms with van der Waals surface area (Å²) in [6.45, 7) is 0. The van der Waals surface area contributed by atoms with Crippen LogP contribution >= 0.6 is 0 Å². The van der Waals surface area contributed by atoms with Crippen LogP contribution in [0.15, 0.2) is 72.9 Å². The topological polar surface area (TPSA) is 139 Å². The van der Waals surface area contributed by atoms with Crippen LogP contribution in [0.4, 0.5) is 5.69 Å². The standard InChI is InChI=1S/C28H25N3O8/c1-36-25-15-20-21(16-26(25)37-2)29-13-12-24(20)39-18-10-8-17(9-11-18)14-22(28(33)38-3)30-27(32)19-6-4-5-7-23(19)31(34)35/h4-13,15-16,22H,14H2,1-3H3,(H,30,32). The summed E-state index contributed by atoms with van der Waals surface area (Å²) in [4.78, 5) is 40.2. The highest BCUT2D eigenvalue weighted by molar-refractivity contribution is 6.00. The zero-order valence-electron chi connectivity index (χ0n) is 21.4. The number of hydrogen-bond acceptors (Lipinski definition) is 9. The number of nitrogens with one attached hydrogen (secondary N) is 1. The Bertz CT molecular complexity index is 1520. The van der Waals surface area contributed by atoms with Crippen molar-refractivity contribution in [1.29, 1.82) is 0 Å². The number of hydrogen-bond donors (Lipinski definition) is 1. The van der Waals surface area contributed by atoms with Gasteiger partial charge in [0.1, 0.15) is 23.1 Å². The van der Waals surface area contributed by atoms with Crippen LogP contribution in [-0.4, -0.2) is 49.2 Å². The summed E-state index contributed by atoms with van der Waals surface area (Å²) >= 11 is 0. The molecule has 0 fully saturated rings. The maximum absolute atomic E-state index is 12.8. The first-order valence-electron chi connectivity index (χ1n) is 11.7. The highest BCUT2D eigenvalue weighted by atomic mass is 16.6. The second-order valence-corrected chi connectivity index (χ2v) is 8.31. The molecule has 0 spiro atoms. The number of carbonyl (C=O) groups is 2. The van der Waals surface area contributed by atoms with E-state index in [2.05, 4.69) is 10.3 Å². The van der Waals surface area contributed by atoms with Gasteiger partial charge < -0.3 is 24.3 Å². The number of para-hydroxylation sites is 1. The number of nitro benzene ring substituents is 1. The van der Waals surface area contributed by atoms with Gasteiger partial charge in [0.15, 0.2) is 11.5 Å². The number of rotatable bonds is 10. The van der Waals surface area contributed by atoms with E-state index in [9.17, 15) is 19.7 Å². The minimum atomic E-state index is -1.07. The zero-order valence-corrected chi connectivity index (χ0v) is 21.4. The molecular formula is C28H25N3O8. The summed E-state index contributed by atoms with van der Waals surface area (Å²) in [5.41, 5.74) is 0.850. The molecule has 0 aliphatic rings. The molecule has 1 atom stereocenters. The number of aromatic nitrogens is 1. The Balaban J connectivity index is 1.52. The molecule has 0 aliphatic carbocycles. The molecule has 0 aliphatic heterocycles. The highest BCUT2D eigenvalue weighted by Crippen LogP contribution is 2.36. The van der Waals surface area contributed by atoms with Gasteiger partial charge >= 0.3 is 5.97 Å². The number of esters is 1. The van der Waals surface area contributed by atoms with E-state index >= 15 is 0 Å². The van der Waals surface area contributed by atoms with Gasteiger partial charge in [0, 0.05) is 30.1 Å². The third-order valence-corrected chi connectivity index (χ3v) is 5.93. The Hall–Kier alpha value is -5.19. The lowest BCUT2D eigenvalue weighted by Crippen LogP contribution is -2.43. The molecule has 11 nitrogen and oxygen atoms in total. The quantitative estimate of drug-likeness (QED) is 0.178. The molecule has 11 heteroatoms. The first-order chi connectivity index (χ1) is 18.8. The molecule has 0 saturated heterocycles. The predicted molar refractivity (Wildman–Crippen MR) is 141 cm³/mol. The van der Waals surface area contributed by atoms with E-state index < -0.39 is 22.8 Å². The third kappa shape index (κ3) is 6.04. The van der Waals surface area contributed by atoms with Crippen LogP contribution in [0.3, 0.4) is 0 Å². The van der Waals surface area contributed by atoms with Crippen LogP contribution in [0.1, 0.15) is 15.9 Å². The first kappa shape index (κ1) is 26.9. The first-order valence-corrected chi connectivity index (χ1v) is 11.7. The van der Waals surface area contributed by atoms with E-state index in [1.807, 2.05) is 0 Å². The number of benzene rings is 3. The normalized spacial score (nSPS) is 11.4. The van der Waals surface area contributed by atoms with Crippen molar-refractivity contribution in [3.05, 3.63) is 94.2 Å². The van der Waals surface area contributed by atoms with Gasteiger partial charge in [-0.1, -0.05) is 24.3 Å². The Morgan fingerprint density at radius 2 is 1.64 bits per heavy atom. The number of nitrogens with zero attached hydrogens (tertiary/aromatic N) is 2. The number of amides is 1. The van der Waals surface area contributed by atoms with Crippen molar-refractivity contribution in [2.75, 3.05) is 21.3 Å². The maximum Gasteiger partial charge on any atom is 0.328 e. The summed E-state index contributed by atoms with van der Waals surface area (Å²) < 4.78 is 21.7. The lowest BCUT2D eigenvalue weighted by atomic mass is 10.0. The van der Waals surface area contributed by atoms with Crippen molar-refractivity contribution < 1.29 is 33.5 Å². The van der Waals surface area contributed by atoms with Crippen molar-refractivity contribution in [3.8, 4) is 23.0 Å². The fourth-order valence-corrected chi connectivity index (χ4v) is 3.99. The molecule has 39 heavy (non-hydrogen) atoms. The molecule has 1 unspecified atom stereocenters. The SMILES string of the molecule is COC(=O)C(Cc1ccc(Oc2ccnc3cc(OC)c(OC)cc23)cc1)NC(=O)c1ccccc1[N+](=O)[O-]. The lowest BCUT2D eigenvalue weighted by molar-refractivity contribution is -0.385. The van der Waals surface area contributed by atoms with E-state index in [-0.39, 0.29) is 17.7 Å². The Morgan fingerprint density at radius 1 is 0.949 bits per heavy atom. The number of pyridine rings is 1. The van der Waals surface area contributed by atoms with Crippen molar-refractivity contribution in [3.63, 3.8) is 0 Å². The monoisotopic (exact) mass is 531 g/mol. The summed E-state index contributed by atoms with van der Waals surface area (Å²) in [7, 11) is 4.30. The van der Waals surface area contributed by atoms with Gasteiger partial charge in [0.05, 0.1) is 31.8 Å². The van der Waals surface area contributed by atoms with E-state index in [4.69, 9.17) is 18.9 Å². The number of ether oxygens (including phenoxy) is 4. The van der Waals surface area contributed by atoms with E-state index in [1.165, 1.54) is 31.4 Å². The number of nitro groups is 1. The van der Waals surface area contributed by atoms with Crippen LogP contribution in [0.5, 0.6) is 23.0 Å². The molecular weight excluding hydrogens is 506 g/mol. The second-order valence-electron chi connectivity index (χ2n) is 8.31. The average Bonchev–Trinajstić information content (AvgIpc) is 2.96. The summed E-state index contributed by atoms with van der Waals surface area (Å²) in [5, 5.41) is 14.6. The average molecular weight is 532 g/mol. The van der Waals surface area contributed by atoms with E-state index in [1.54, 1.807) is 62.9 Å². The van der Waals surface area contributed by atoms with Crippen LogP contribution in [0.2, 0.25) is 0 Å². The second kappa shape index (κ2) is 11.9. The van der Waals surface area contributed by atoms with E-state index in [0.29, 0.717) is 34.1 Å². The molecule has 1 aromatic heterocycles. The molecule has 4 rings (SSSR count).